The molecule has 2 aliphatic rings. The van der Waals surface area contributed by atoms with Crippen LogP contribution in [0.2, 0.25) is 0 Å². The van der Waals surface area contributed by atoms with E-state index in [0.717, 1.165) is 74.2 Å². The van der Waals surface area contributed by atoms with Crippen LogP contribution in [0.4, 0.5) is 0 Å². The molecule has 0 N–H and O–H groups in total. The lowest BCUT2D eigenvalue weighted by Gasteiger charge is -2.44. The Kier molecular flexibility index (Phi) is 30.7. The van der Waals surface area contributed by atoms with Crippen molar-refractivity contribution in [2.75, 3.05) is 66.7 Å². The van der Waals surface area contributed by atoms with E-state index >= 15 is 0 Å². The van der Waals surface area contributed by atoms with Crippen LogP contribution in [-0.4, -0.2) is 97.3 Å². The predicted molar refractivity (Wildman–Crippen MR) is 243 cm³/mol. The van der Waals surface area contributed by atoms with Crippen LogP contribution in [0.1, 0.15) is 245 Å². The number of carbonyl (C=O) groups is 2. The Hall–Kier alpha value is -1.14. The van der Waals surface area contributed by atoms with Crippen molar-refractivity contribution in [1.29, 1.82) is 0 Å². The second-order valence-corrected chi connectivity index (χ2v) is 19.6. The molecule has 2 saturated heterocycles. The maximum absolute atomic E-state index is 13.0. The Morgan fingerprint density at radius 3 is 0.946 bits per heavy atom. The van der Waals surface area contributed by atoms with E-state index in [-0.39, 0.29) is 0 Å². The highest BCUT2D eigenvalue weighted by molar-refractivity contribution is 5.78. The minimum atomic E-state index is 0.334. The lowest BCUT2D eigenvalue weighted by atomic mass is 10.0. The van der Waals surface area contributed by atoms with Crippen molar-refractivity contribution in [3.63, 3.8) is 0 Å². The molecule has 2 aliphatic heterocycles. The van der Waals surface area contributed by atoms with Gasteiger partial charge in [-0.3, -0.25) is 19.4 Å². The molecule has 0 spiro atoms. The van der Waals surface area contributed by atoms with E-state index in [0.29, 0.717) is 11.8 Å². The first-order chi connectivity index (χ1) is 27.3. The third-order valence-electron chi connectivity index (χ3n) is 13.5. The lowest BCUT2D eigenvalue weighted by molar-refractivity contribution is -0.974. The third-order valence-corrected chi connectivity index (χ3v) is 13.5. The van der Waals surface area contributed by atoms with Crippen molar-refractivity contribution >= 4 is 11.8 Å². The van der Waals surface area contributed by atoms with Gasteiger partial charge in [-0.15, -0.1) is 0 Å². The Balaban J connectivity index is 1.78. The number of nitrogens with zero attached hydrogens (tertiary/aromatic N) is 4. The molecule has 2 amide bonds. The highest BCUT2D eigenvalue weighted by Gasteiger charge is 2.36. The van der Waals surface area contributed by atoms with Crippen LogP contribution in [0.3, 0.4) is 0 Å². The van der Waals surface area contributed by atoms with Gasteiger partial charge in [0.1, 0.15) is 13.1 Å². The number of likely N-dealkylation sites (tertiary alicyclic amines) is 2. The first kappa shape index (κ1) is 51.0. The fraction of sp³-hybridized carbons (Fsp3) is 0.960. The molecule has 0 aliphatic carbocycles. The first-order valence-electron chi connectivity index (χ1n) is 25.5. The molecule has 0 radical (unpaired) electrons. The molecule has 6 heteroatoms. The summed E-state index contributed by atoms with van der Waals surface area (Å²) in [4.78, 5) is 29.9. The van der Waals surface area contributed by atoms with Crippen molar-refractivity contribution in [3.05, 3.63) is 0 Å². The van der Waals surface area contributed by atoms with E-state index in [4.69, 9.17) is 0 Å². The van der Waals surface area contributed by atoms with Crippen LogP contribution in [0.15, 0.2) is 0 Å². The van der Waals surface area contributed by atoms with E-state index in [1.165, 1.54) is 219 Å². The summed E-state index contributed by atoms with van der Waals surface area (Å²) in [6.45, 7) is 12.8. The van der Waals surface area contributed by atoms with E-state index in [9.17, 15) is 9.59 Å². The monoisotopic (exact) mass is 789 g/mol. The van der Waals surface area contributed by atoms with Gasteiger partial charge >= 0.3 is 0 Å². The molecular formula is C50H100N4O2+2. The molecule has 6 nitrogen and oxygen atoms in total. The molecular weight excluding hydrogens is 689 g/mol. The smallest absolute Gasteiger partial charge is 0.226 e. The summed E-state index contributed by atoms with van der Waals surface area (Å²) < 4.78 is 1.93. The number of likely N-dealkylation sites (N-methyl/N-ethyl adjacent to an activating group) is 1. The summed E-state index contributed by atoms with van der Waals surface area (Å²) in [6, 6.07) is 0. The maximum Gasteiger partial charge on any atom is 0.226 e. The molecule has 0 saturated carbocycles. The van der Waals surface area contributed by atoms with Gasteiger partial charge in [0.2, 0.25) is 11.8 Å². The van der Waals surface area contributed by atoms with Gasteiger partial charge in [-0.2, -0.15) is 0 Å². The molecule has 330 valence electrons. The van der Waals surface area contributed by atoms with Gasteiger partial charge < -0.3 is 8.97 Å². The normalized spacial score (nSPS) is 15.3. The van der Waals surface area contributed by atoms with Crippen LogP contribution < -0.4 is 0 Å². The number of unbranched alkanes of at least 4 members (excludes halogenated alkanes) is 30. The van der Waals surface area contributed by atoms with Crippen LogP contribution in [0.25, 0.3) is 0 Å². The molecule has 56 heavy (non-hydrogen) atoms. The second-order valence-electron chi connectivity index (χ2n) is 19.6. The summed E-state index contributed by atoms with van der Waals surface area (Å²) >= 11 is 0. The molecule has 0 bridgehead atoms. The minimum Gasteiger partial charge on any atom is -0.307 e. The number of carbonyl (C=O) groups excluding carboxylic acids is 2. The molecule has 0 aromatic heterocycles. The summed E-state index contributed by atoms with van der Waals surface area (Å²) in [5.41, 5.74) is 0. The van der Waals surface area contributed by atoms with E-state index < -0.39 is 0 Å². The predicted octanol–water partition coefficient (Wildman–Crippen LogP) is 13.6. The molecule has 2 heterocycles. The van der Waals surface area contributed by atoms with E-state index in [2.05, 4.69) is 37.7 Å². The quantitative estimate of drug-likeness (QED) is 0.0457. The van der Waals surface area contributed by atoms with Crippen molar-refractivity contribution in [2.24, 2.45) is 0 Å². The fourth-order valence-electron chi connectivity index (χ4n) is 9.62. The van der Waals surface area contributed by atoms with Gasteiger partial charge in [0.25, 0.3) is 0 Å². The topological polar surface area (TPSA) is 40.6 Å². The van der Waals surface area contributed by atoms with Crippen molar-refractivity contribution in [3.8, 4) is 0 Å². The average Bonchev–Trinajstić information content (AvgIpc) is 3.78. The third kappa shape index (κ3) is 26.1. The zero-order chi connectivity index (χ0) is 40.4. The highest BCUT2D eigenvalue weighted by atomic mass is 16.2. The van der Waals surface area contributed by atoms with Gasteiger partial charge in [0.15, 0.2) is 13.3 Å². The zero-order valence-corrected chi connectivity index (χ0v) is 38.7. The van der Waals surface area contributed by atoms with Crippen LogP contribution in [-0.2, 0) is 9.59 Å². The van der Waals surface area contributed by atoms with Crippen molar-refractivity contribution < 1.29 is 18.6 Å². The number of quaternary nitrogens is 2. The highest BCUT2D eigenvalue weighted by Crippen LogP contribution is 2.23. The van der Waals surface area contributed by atoms with Crippen molar-refractivity contribution in [1.82, 2.24) is 9.80 Å². The Morgan fingerprint density at radius 2 is 0.661 bits per heavy atom. The summed E-state index contributed by atoms with van der Waals surface area (Å²) in [5, 5.41) is 0. The van der Waals surface area contributed by atoms with E-state index in [1.807, 2.05) is 0 Å². The number of amides is 2. The molecule has 2 rings (SSSR count). The van der Waals surface area contributed by atoms with Gasteiger partial charge in [-0.25, -0.2) is 0 Å². The molecule has 0 unspecified atom stereocenters. The molecule has 0 aromatic rings. The number of rotatable bonds is 41. The maximum atomic E-state index is 13.0. The molecule has 0 atom stereocenters. The Labute approximate surface area is 350 Å². The van der Waals surface area contributed by atoms with Crippen LogP contribution >= 0.6 is 0 Å². The van der Waals surface area contributed by atoms with Crippen LogP contribution in [0.5, 0.6) is 0 Å². The fourth-order valence-corrected chi connectivity index (χ4v) is 9.62. The first-order valence-corrected chi connectivity index (χ1v) is 25.5. The van der Waals surface area contributed by atoms with E-state index in [1.54, 1.807) is 0 Å². The van der Waals surface area contributed by atoms with Gasteiger partial charge in [0, 0.05) is 25.9 Å². The largest absolute Gasteiger partial charge is 0.307 e. The Bertz CT molecular complexity index is 902. The molecule has 2 fully saturated rings. The SMILES string of the molecule is CCCCCCCCCCCCCCCCCC[N+](CCCCCCCCCCCCCCCCCC)(CC[N+](C)(C)CN1CCCC1=O)CN1CCCC1=O. The lowest BCUT2D eigenvalue weighted by Crippen LogP contribution is -2.61. The standard InChI is InChI=1S/C50H100N4O2/c1-5-7-9-11-13-15-17-19-21-23-25-27-29-31-33-35-43-54(48-52-42-38-40-50(52)56,46-45-53(3,4)47-51-41-37-39-49(51)55)44-36-34-32-30-28-26-24-22-20-18-16-14-12-10-8-6-2/h5-48H2,1-4H3/q+2. The van der Waals surface area contributed by atoms with Crippen molar-refractivity contribution in [2.45, 2.75) is 245 Å². The van der Waals surface area contributed by atoms with Gasteiger partial charge in [0.05, 0.1) is 27.2 Å². The number of hydrogen-bond acceptors (Lipinski definition) is 2. The van der Waals surface area contributed by atoms with Crippen LogP contribution in [0, 0.1) is 0 Å². The summed E-state index contributed by atoms with van der Waals surface area (Å²) in [7, 11) is 4.65. The average molecular weight is 789 g/mol. The summed E-state index contributed by atoms with van der Waals surface area (Å²) in [6.07, 6.45) is 48.4. The molecule has 0 aromatic carbocycles. The van der Waals surface area contributed by atoms with Gasteiger partial charge in [-0.05, 0) is 38.5 Å². The second kappa shape index (κ2) is 33.7. The number of hydrogen-bond donors (Lipinski definition) is 0. The minimum absolute atomic E-state index is 0.334. The van der Waals surface area contributed by atoms with Gasteiger partial charge in [-0.1, -0.05) is 194 Å². The summed E-state index contributed by atoms with van der Waals surface area (Å²) in [5.74, 6) is 0.712. The Morgan fingerprint density at radius 1 is 0.375 bits per heavy atom. The zero-order valence-electron chi connectivity index (χ0n) is 38.7.